The predicted molar refractivity (Wildman–Crippen MR) is 192 cm³/mol. The quantitative estimate of drug-likeness (QED) is 0.195. The van der Waals surface area contributed by atoms with Gasteiger partial charge in [0.1, 0.15) is 11.2 Å². The lowest BCUT2D eigenvalue weighted by atomic mass is 9.98. The van der Waals surface area contributed by atoms with Crippen LogP contribution in [-0.2, 0) is 0 Å². The van der Waals surface area contributed by atoms with Gasteiger partial charge in [0.15, 0.2) is 0 Å². The minimum Gasteiger partial charge on any atom is -0.456 e. The van der Waals surface area contributed by atoms with Crippen LogP contribution in [0.4, 0.5) is 17.1 Å². The summed E-state index contributed by atoms with van der Waals surface area (Å²) < 4.78 is 70.5. The zero-order valence-corrected chi connectivity index (χ0v) is 24.6. The molecule has 0 aliphatic rings. The average molecular weight is 601 g/mol. The molecule has 2 nitrogen and oxygen atoms in total. The van der Waals surface area contributed by atoms with Crippen LogP contribution in [0.2, 0.25) is 0 Å². The van der Waals surface area contributed by atoms with E-state index in [4.69, 9.17) is 9.90 Å². The zero-order valence-electron chi connectivity index (χ0n) is 30.8. The highest BCUT2D eigenvalue weighted by Gasteiger charge is 2.23. The molecule has 0 aliphatic carbocycles. The topological polar surface area (TPSA) is 16.4 Å². The minimum atomic E-state index is -0.468. The molecule has 0 amide bonds. The van der Waals surface area contributed by atoms with Crippen LogP contribution in [0, 0.1) is 0 Å². The second-order valence-corrected chi connectivity index (χ2v) is 11.8. The van der Waals surface area contributed by atoms with Gasteiger partial charge in [-0.2, -0.15) is 0 Å². The van der Waals surface area contributed by atoms with Crippen molar-refractivity contribution in [1.29, 1.82) is 0 Å². The Hall–Kier alpha value is -5.64. The number of hydrogen-bond donors (Lipinski definition) is 0. The molecule has 0 saturated carbocycles. The van der Waals surface area contributed by atoms with Crippen LogP contribution >= 0.6 is 11.3 Å². The van der Waals surface area contributed by atoms with Crippen molar-refractivity contribution in [1.82, 2.24) is 0 Å². The lowest BCUT2D eigenvalue weighted by Crippen LogP contribution is -2.11. The highest BCUT2D eigenvalue weighted by Crippen LogP contribution is 2.50. The van der Waals surface area contributed by atoms with Crippen LogP contribution in [0.5, 0.6) is 0 Å². The van der Waals surface area contributed by atoms with E-state index in [2.05, 4.69) is 24.3 Å². The fraction of sp³-hybridized carbons (Fsp3) is 0. The first kappa shape index (κ1) is 19.6. The molecule has 0 saturated heterocycles. The minimum absolute atomic E-state index is 0.0171. The third kappa shape index (κ3) is 4.32. The van der Waals surface area contributed by atoms with E-state index in [1.54, 1.807) is 11.3 Å². The SMILES string of the molecule is [2H]c1c([2H])c([2H])c2c(oc3c([2H])c([2H])c(N(c4ccc(-c5ccccc5)cc4)c4c(-c5ccccc5)ccc5c4sc4ccccc45)c([2H])c32)c1[2H]. The van der Waals surface area contributed by atoms with E-state index in [1.807, 2.05) is 102 Å². The van der Waals surface area contributed by atoms with Gasteiger partial charge < -0.3 is 9.32 Å². The average Bonchev–Trinajstić information content (AvgIpc) is 3.78. The molecule has 2 aromatic heterocycles. The largest absolute Gasteiger partial charge is 0.456 e. The summed E-state index contributed by atoms with van der Waals surface area (Å²) in [6.07, 6.45) is 0. The molecule has 0 aliphatic heterocycles. The normalized spacial score (nSPS) is 13.7. The van der Waals surface area contributed by atoms with Crippen molar-refractivity contribution in [2.24, 2.45) is 0 Å². The van der Waals surface area contributed by atoms with Crippen LogP contribution in [-0.4, -0.2) is 0 Å². The number of anilines is 3. The van der Waals surface area contributed by atoms with E-state index in [1.165, 1.54) is 0 Å². The van der Waals surface area contributed by atoms with Gasteiger partial charge in [-0.15, -0.1) is 11.3 Å². The maximum atomic E-state index is 9.81. The summed E-state index contributed by atoms with van der Waals surface area (Å²) in [6, 6.07) is 37.8. The van der Waals surface area contributed by atoms with Crippen LogP contribution in [0.1, 0.15) is 9.60 Å². The lowest BCUT2D eigenvalue weighted by Gasteiger charge is -2.29. The number of hydrogen-bond acceptors (Lipinski definition) is 3. The first-order valence-electron chi connectivity index (χ1n) is 18.1. The number of furan rings is 1. The Balaban J connectivity index is 1.44. The van der Waals surface area contributed by atoms with Crippen molar-refractivity contribution in [2.75, 3.05) is 4.90 Å². The number of rotatable bonds is 5. The van der Waals surface area contributed by atoms with Gasteiger partial charge in [-0.25, -0.2) is 0 Å². The van der Waals surface area contributed by atoms with E-state index >= 15 is 0 Å². The number of thiophene rings is 1. The molecule has 0 N–H and O–H groups in total. The Morgan fingerprint density at radius 3 is 2.02 bits per heavy atom. The Morgan fingerprint density at radius 2 is 1.20 bits per heavy atom. The zero-order chi connectivity index (χ0) is 35.8. The number of nitrogens with zero attached hydrogens (tertiary/aromatic N) is 1. The fourth-order valence-electron chi connectivity index (χ4n) is 6.06. The number of para-hydroxylation sites is 1. The highest BCUT2D eigenvalue weighted by atomic mass is 32.1. The van der Waals surface area contributed by atoms with Gasteiger partial charge in [0, 0.05) is 43.2 Å². The number of benzene rings is 7. The van der Waals surface area contributed by atoms with Crippen molar-refractivity contribution in [3.8, 4) is 22.3 Å². The van der Waals surface area contributed by atoms with Crippen LogP contribution < -0.4 is 4.90 Å². The summed E-state index contributed by atoms with van der Waals surface area (Å²) >= 11 is 1.62. The van der Waals surface area contributed by atoms with Gasteiger partial charge >= 0.3 is 0 Å². The van der Waals surface area contributed by atoms with Crippen LogP contribution in [0.15, 0.2) is 168 Å². The van der Waals surface area contributed by atoms with Gasteiger partial charge in [-0.05, 0) is 59.1 Å². The van der Waals surface area contributed by atoms with Gasteiger partial charge in [0.2, 0.25) is 0 Å². The molecule has 0 radical (unpaired) electrons. The smallest absolute Gasteiger partial charge is 0.135 e. The molecule has 2 heterocycles. The maximum absolute atomic E-state index is 9.81. The maximum Gasteiger partial charge on any atom is 0.135 e. The molecule has 0 atom stereocenters. The van der Waals surface area contributed by atoms with Crippen molar-refractivity contribution < 1.29 is 14.0 Å². The summed E-state index contributed by atoms with van der Waals surface area (Å²) in [4.78, 5) is 1.88. The van der Waals surface area contributed by atoms with Gasteiger partial charge in [-0.1, -0.05) is 121 Å². The van der Waals surface area contributed by atoms with Gasteiger partial charge in [-0.3, -0.25) is 0 Å². The van der Waals surface area contributed by atoms with Crippen molar-refractivity contribution in [3.05, 3.63) is 164 Å². The summed E-state index contributed by atoms with van der Waals surface area (Å²) in [5.74, 6) is 0. The van der Waals surface area contributed by atoms with Crippen molar-refractivity contribution >= 4 is 70.5 Å². The molecular formula is C42H27NOS. The lowest BCUT2D eigenvalue weighted by molar-refractivity contribution is 0.669. The van der Waals surface area contributed by atoms with Gasteiger partial charge in [0.05, 0.1) is 20.0 Å². The molecule has 0 fully saturated rings. The Morgan fingerprint density at radius 1 is 0.511 bits per heavy atom. The molecule has 9 rings (SSSR count). The Bertz CT molecular complexity index is 2870. The Labute approximate surface area is 274 Å². The molecule has 9 aromatic rings. The molecular weight excluding hydrogens is 567 g/mol. The van der Waals surface area contributed by atoms with Crippen LogP contribution in [0.25, 0.3) is 64.4 Å². The molecule has 7 aromatic carbocycles. The molecule has 0 unspecified atom stereocenters. The second kappa shape index (κ2) is 10.5. The van der Waals surface area contributed by atoms with E-state index in [9.17, 15) is 4.11 Å². The van der Waals surface area contributed by atoms with E-state index < -0.39 is 18.1 Å². The summed E-state index contributed by atoms with van der Waals surface area (Å²) in [5, 5.41) is 2.17. The van der Waals surface area contributed by atoms with Crippen molar-refractivity contribution in [3.63, 3.8) is 0 Å². The summed E-state index contributed by atoms with van der Waals surface area (Å²) in [5.41, 5.74) is 5.02. The first-order chi connectivity index (χ1) is 25.2. The monoisotopic (exact) mass is 600 g/mol. The van der Waals surface area contributed by atoms with Crippen LogP contribution in [0.3, 0.4) is 0 Å². The first-order valence-corrected chi connectivity index (χ1v) is 15.4. The number of fused-ring (bicyclic) bond motifs is 6. The van der Waals surface area contributed by atoms with E-state index in [-0.39, 0.29) is 51.8 Å². The molecule has 3 heteroatoms. The predicted octanol–water partition coefficient (Wildman–Crippen LogP) is 12.8. The highest BCUT2D eigenvalue weighted by molar-refractivity contribution is 7.26. The standard InChI is InChI=1S/C42H27NOS/c1-3-11-28(12-4-1)29-19-21-31(22-20-29)43(32-23-26-39-37(27-32)34-15-7-9-17-38(34)44-39)41-33(30-13-5-2-6-14-30)24-25-36-35-16-8-10-18-40(35)45-42(36)41/h1-27H/i7D,9D,15D,17D,23D,26D,27D. The summed E-state index contributed by atoms with van der Waals surface area (Å²) in [6.45, 7) is 0. The third-order valence-corrected chi connectivity index (χ3v) is 9.35. The van der Waals surface area contributed by atoms with E-state index in [0.29, 0.717) is 5.69 Å². The van der Waals surface area contributed by atoms with Gasteiger partial charge in [0.25, 0.3) is 0 Å². The molecule has 0 spiro atoms. The Kier molecular flexibility index (Phi) is 4.58. The molecule has 0 bridgehead atoms. The third-order valence-electron chi connectivity index (χ3n) is 8.16. The van der Waals surface area contributed by atoms with E-state index in [0.717, 1.165) is 48.1 Å². The summed E-state index contributed by atoms with van der Waals surface area (Å²) in [7, 11) is 0. The van der Waals surface area contributed by atoms with Crippen molar-refractivity contribution in [2.45, 2.75) is 0 Å². The second-order valence-electron chi connectivity index (χ2n) is 10.8. The molecule has 212 valence electrons. The molecule has 45 heavy (non-hydrogen) atoms. The fourth-order valence-corrected chi connectivity index (χ4v) is 7.30.